The molecule has 0 bridgehead atoms. The van der Waals surface area contributed by atoms with Crippen molar-refractivity contribution in [2.75, 3.05) is 52.9 Å². The normalized spacial score (nSPS) is 32.1. The van der Waals surface area contributed by atoms with Crippen LogP contribution in [0.25, 0.3) is 5.70 Å². The van der Waals surface area contributed by atoms with E-state index in [1.165, 1.54) is 37.8 Å². The van der Waals surface area contributed by atoms with Crippen molar-refractivity contribution in [2.45, 2.75) is 6.04 Å². The summed E-state index contributed by atoms with van der Waals surface area (Å²) in [6.07, 6.45) is 1.75. The van der Waals surface area contributed by atoms with Crippen molar-refractivity contribution in [2.24, 2.45) is 29.2 Å². The van der Waals surface area contributed by atoms with E-state index in [1.807, 2.05) is 0 Å². The number of hydrogen-bond acceptors (Lipinski definition) is 7. The van der Waals surface area contributed by atoms with Crippen molar-refractivity contribution >= 4 is 5.70 Å². The predicted molar refractivity (Wildman–Crippen MR) is 114 cm³/mol. The maximum Gasteiger partial charge on any atom is 0.125 e. The lowest BCUT2D eigenvalue weighted by molar-refractivity contribution is 0.0881. The summed E-state index contributed by atoms with van der Waals surface area (Å²) in [5.74, 6) is 2.73. The molecular weight excluding hydrogens is 383 g/mol. The van der Waals surface area contributed by atoms with Gasteiger partial charge in [-0.05, 0) is 49.1 Å². The number of hydrogen-bond donors (Lipinski definition) is 4. The molecule has 8 heteroatoms. The fourth-order valence-corrected chi connectivity index (χ4v) is 5.60. The van der Waals surface area contributed by atoms with Gasteiger partial charge in [-0.25, -0.2) is 4.39 Å². The average molecular weight is 415 g/mol. The summed E-state index contributed by atoms with van der Waals surface area (Å²) in [5.41, 5.74) is 13.9. The number of benzene rings is 1. The maximum absolute atomic E-state index is 13.6. The quantitative estimate of drug-likeness (QED) is 0.565. The Balaban J connectivity index is 1.28. The highest BCUT2D eigenvalue weighted by atomic mass is 19.1. The van der Waals surface area contributed by atoms with E-state index in [0.29, 0.717) is 17.6 Å². The van der Waals surface area contributed by atoms with Crippen LogP contribution >= 0.6 is 0 Å². The third kappa shape index (κ3) is 3.48. The van der Waals surface area contributed by atoms with Crippen molar-refractivity contribution in [3.8, 4) is 5.75 Å². The molecule has 1 saturated carbocycles. The zero-order valence-corrected chi connectivity index (χ0v) is 17.4. The van der Waals surface area contributed by atoms with Crippen LogP contribution in [0.5, 0.6) is 5.75 Å². The number of allylic oxidation sites excluding steroid dienone is 1. The Morgan fingerprint density at radius 3 is 2.80 bits per heavy atom. The summed E-state index contributed by atoms with van der Waals surface area (Å²) in [6.45, 7) is 7.36. The van der Waals surface area contributed by atoms with Gasteiger partial charge in [0.15, 0.2) is 0 Å². The molecule has 1 aromatic rings. The minimum atomic E-state index is -0.439. The van der Waals surface area contributed by atoms with Crippen LogP contribution in [0, 0.1) is 23.6 Å². The molecule has 0 amide bonds. The van der Waals surface area contributed by atoms with Gasteiger partial charge in [0, 0.05) is 57.1 Å². The third-order valence-corrected chi connectivity index (χ3v) is 7.27. The molecule has 0 spiro atoms. The highest BCUT2D eigenvalue weighted by Gasteiger charge is 2.55. The highest BCUT2D eigenvalue weighted by molar-refractivity contribution is 5.70. The lowest BCUT2D eigenvalue weighted by Crippen LogP contribution is -2.59. The largest absolute Gasteiger partial charge is 0.507 e. The molecule has 3 unspecified atom stereocenters. The number of likely N-dealkylation sites (tertiary alicyclic amines) is 1. The molecule has 3 atom stereocenters. The van der Waals surface area contributed by atoms with Gasteiger partial charge in [0.1, 0.15) is 17.4 Å². The smallest absolute Gasteiger partial charge is 0.125 e. The van der Waals surface area contributed by atoms with Crippen molar-refractivity contribution in [1.82, 2.24) is 20.0 Å². The molecule has 1 aliphatic carbocycles. The molecule has 1 aromatic carbocycles. The number of piperidine rings is 1. The fraction of sp³-hybridized carbons (Fsp3) is 0.545. The van der Waals surface area contributed by atoms with Gasteiger partial charge in [-0.2, -0.15) is 0 Å². The monoisotopic (exact) mass is 414 g/mol. The lowest BCUT2D eigenvalue weighted by atomic mass is 10.0. The molecule has 6 N–H and O–H groups in total. The number of nitrogens with two attached hydrogens (primary N) is 2. The summed E-state index contributed by atoms with van der Waals surface area (Å²) < 4.78 is 13.6. The molecule has 0 aromatic heterocycles. The number of phenolic OH excluding ortho intramolecular Hbond substituents is 1. The molecule has 2 saturated heterocycles. The van der Waals surface area contributed by atoms with Crippen molar-refractivity contribution in [3.05, 3.63) is 47.2 Å². The van der Waals surface area contributed by atoms with Crippen LogP contribution in [-0.4, -0.2) is 78.7 Å². The van der Waals surface area contributed by atoms with Crippen LogP contribution in [0.3, 0.4) is 0 Å². The van der Waals surface area contributed by atoms with Gasteiger partial charge in [-0.3, -0.25) is 4.90 Å². The molecule has 3 aliphatic heterocycles. The van der Waals surface area contributed by atoms with E-state index in [9.17, 15) is 9.50 Å². The standard InChI is InChI=1S/C22H31FN6O/c1-27-10-16-17(11-27)18(16)12-28-4-5-29-14(9-28)8-26-22(25)20(29)7-19(24)15-6-13(23)2-3-21(15)30/h2-3,6-7,14,16-18,26,30H,4-5,8-12,24-25H2,1H3/b19-7-. The zero-order valence-electron chi connectivity index (χ0n) is 17.4. The Morgan fingerprint density at radius 2 is 2.03 bits per heavy atom. The van der Waals surface area contributed by atoms with Crippen molar-refractivity contribution < 1.29 is 9.50 Å². The van der Waals surface area contributed by atoms with Crippen molar-refractivity contribution in [1.29, 1.82) is 0 Å². The Bertz CT molecular complexity index is 890. The molecule has 30 heavy (non-hydrogen) atoms. The number of aromatic hydroxyl groups is 1. The topological polar surface area (TPSA) is 94.0 Å². The average Bonchev–Trinajstić information content (AvgIpc) is 3.16. The first-order valence-electron chi connectivity index (χ1n) is 10.8. The Kier molecular flexibility index (Phi) is 4.78. The molecule has 162 valence electrons. The summed E-state index contributed by atoms with van der Waals surface area (Å²) in [5, 5.41) is 13.4. The van der Waals surface area contributed by atoms with Crippen LogP contribution in [0.2, 0.25) is 0 Å². The number of halogens is 1. The lowest BCUT2D eigenvalue weighted by Gasteiger charge is -2.46. The molecule has 0 radical (unpaired) electrons. The number of phenols is 1. The first-order valence-corrected chi connectivity index (χ1v) is 10.8. The summed E-state index contributed by atoms with van der Waals surface area (Å²) in [7, 11) is 2.22. The molecule has 4 aliphatic rings. The zero-order chi connectivity index (χ0) is 21.0. The Labute approximate surface area is 176 Å². The van der Waals surface area contributed by atoms with Gasteiger partial charge in [0.05, 0.1) is 11.7 Å². The van der Waals surface area contributed by atoms with E-state index in [2.05, 4.69) is 27.1 Å². The van der Waals surface area contributed by atoms with Crippen LogP contribution in [0.15, 0.2) is 35.8 Å². The second kappa shape index (κ2) is 7.35. The number of nitrogens with one attached hydrogen (secondary N) is 1. The van der Waals surface area contributed by atoms with Gasteiger partial charge in [-0.1, -0.05) is 0 Å². The minimum Gasteiger partial charge on any atom is -0.507 e. The number of piperazine rings is 1. The van der Waals surface area contributed by atoms with E-state index >= 15 is 0 Å². The fourth-order valence-electron chi connectivity index (χ4n) is 5.60. The van der Waals surface area contributed by atoms with Gasteiger partial charge in [0.2, 0.25) is 0 Å². The van der Waals surface area contributed by atoms with Crippen LogP contribution in [0.1, 0.15) is 5.56 Å². The van der Waals surface area contributed by atoms with Crippen LogP contribution in [0.4, 0.5) is 4.39 Å². The second-order valence-electron chi connectivity index (χ2n) is 9.26. The minimum absolute atomic E-state index is 0.0462. The summed E-state index contributed by atoms with van der Waals surface area (Å²) >= 11 is 0. The molecule has 3 heterocycles. The van der Waals surface area contributed by atoms with E-state index in [0.717, 1.165) is 49.6 Å². The van der Waals surface area contributed by atoms with E-state index in [4.69, 9.17) is 11.5 Å². The number of fused-ring (bicyclic) bond motifs is 2. The number of rotatable bonds is 4. The van der Waals surface area contributed by atoms with Gasteiger partial charge < -0.3 is 31.7 Å². The molecule has 7 nitrogen and oxygen atoms in total. The molecule has 3 fully saturated rings. The molecular formula is C22H31FN6O. The van der Waals surface area contributed by atoms with Crippen LogP contribution < -0.4 is 16.8 Å². The second-order valence-corrected chi connectivity index (χ2v) is 9.26. The van der Waals surface area contributed by atoms with E-state index in [-0.39, 0.29) is 11.3 Å². The maximum atomic E-state index is 13.6. The van der Waals surface area contributed by atoms with Crippen molar-refractivity contribution in [3.63, 3.8) is 0 Å². The first kappa shape index (κ1) is 19.5. The van der Waals surface area contributed by atoms with Gasteiger partial charge >= 0.3 is 0 Å². The Morgan fingerprint density at radius 1 is 1.27 bits per heavy atom. The summed E-state index contributed by atoms with van der Waals surface area (Å²) in [6, 6.07) is 4.08. The third-order valence-electron chi connectivity index (χ3n) is 7.27. The molecule has 5 rings (SSSR count). The van der Waals surface area contributed by atoms with E-state index in [1.54, 1.807) is 6.08 Å². The van der Waals surface area contributed by atoms with Crippen LogP contribution in [-0.2, 0) is 0 Å². The van der Waals surface area contributed by atoms with E-state index < -0.39 is 5.82 Å². The summed E-state index contributed by atoms with van der Waals surface area (Å²) in [4.78, 5) is 7.34. The first-order chi connectivity index (χ1) is 14.4. The predicted octanol–water partition coefficient (Wildman–Crippen LogP) is 0.356. The number of nitrogens with zero attached hydrogens (tertiary/aromatic N) is 3. The van der Waals surface area contributed by atoms with Gasteiger partial charge in [-0.15, -0.1) is 0 Å². The Hall–Kier alpha value is -2.45. The van der Waals surface area contributed by atoms with Gasteiger partial charge in [0.25, 0.3) is 0 Å². The highest BCUT2D eigenvalue weighted by Crippen LogP contribution is 2.51. The SMILES string of the molecule is CN1CC2C(C1)C2CN1CCN2C(/C=C(\N)c3cc(F)ccc3O)=C(N)NCC2C1.